The van der Waals surface area contributed by atoms with Gasteiger partial charge in [-0.05, 0) is 13.8 Å². The van der Waals surface area contributed by atoms with E-state index in [1.54, 1.807) is 0 Å². The lowest BCUT2D eigenvalue weighted by Gasteiger charge is -2.30. The summed E-state index contributed by atoms with van der Waals surface area (Å²) < 4.78 is 77.3. The van der Waals surface area contributed by atoms with Gasteiger partial charge in [-0.25, -0.2) is 39.2 Å². The molecule has 0 radical (unpaired) electrons. The number of fused-ring (bicyclic) bond motifs is 5. The van der Waals surface area contributed by atoms with Crippen LogP contribution in [0, 0.1) is 0 Å². The highest BCUT2D eigenvalue weighted by atomic mass is 31.2. The van der Waals surface area contributed by atoms with Crippen molar-refractivity contribution in [2.75, 3.05) is 38.9 Å². The predicted molar refractivity (Wildman–Crippen MR) is 188 cm³/mol. The summed E-state index contributed by atoms with van der Waals surface area (Å²) in [4.78, 5) is 60.4. The second kappa shape index (κ2) is 15.7. The molecule has 3 aliphatic heterocycles. The second-order valence-electron chi connectivity index (χ2n) is 12.9. The molecule has 3 fully saturated rings. The van der Waals surface area contributed by atoms with Gasteiger partial charge < -0.3 is 40.6 Å². The second-order valence-corrected chi connectivity index (χ2v) is 16.4. The van der Waals surface area contributed by atoms with Crippen molar-refractivity contribution in [3.8, 4) is 0 Å². The number of nitrogens with zero attached hydrogens (tertiary/aromatic N) is 7. The Labute approximate surface area is 319 Å². The molecule has 0 saturated carbocycles. The molecule has 2 bridgehead atoms. The Morgan fingerprint density at radius 2 is 1.40 bits per heavy atom. The zero-order chi connectivity index (χ0) is 41.0. The summed E-state index contributed by atoms with van der Waals surface area (Å²) in [5.74, 6) is -2.05. The fourth-order valence-electron chi connectivity index (χ4n) is 6.39. The minimum absolute atomic E-state index is 0.0169. The summed E-state index contributed by atoms with van der Waals surface area (Å²) in [7, 11) is -7.51. The predicted octanol–water partition coefficient (Wildman–Crippen LogP) is -2.02. The van der Waals surface area contributed by atoms with Crippen molar-refractivity contribution < 1.29 is 66.0 Å². The van der Waals surface area contributed by atoms with Gasteiger partial charge >= 0.3 is 27.4 Å². The van der Waals surface area contributed by atoms with Crippen LogP contribution in [0.2, 0.25) is 0 Å². The fourth-order valence-corrected chi connectivity index (χ4v) is 9.75. The number of nitrogens with two attached hydrogens (primary N) is 2. The van der Waals surface area contributed by atoms with Crippen molar-refractivity contribution in [1.82, 2.24) is 49.2 Å². The largest absolute Gasteiger partial charge is 0.468 e. The number of nitrogens with one attached hydrogen (secondary N) is 3. The lowest BCUT2D eigenvalue weighted by Crippen LogP contribution is -2.41. The molecule has 29 heteroatoms. The van der Waals surface area contributed by atoms with Crippen LogP contribution in [-0.4, -0.2) is 137 Å². The van der Waals surface area contributed by atoms with Crippen LogP contribution in [0.1, 0.15) is 26.3 Å². The molecule has 27 nitrogen and oxygen atoms in total. The van der Waals surface area contributed by atoms with Crippen LogP contribution < -0.4 is 27.2 Å². The molecule has 0 aromatic carbocycles. The topological polar surface area (TPSA) is 366 Å². The maximum atomic E-state index is 14.8. The number of esters is 2. The van der Waals surface area contributed by atoms with Gasteiger partial charge in [0.05, 0.1) is 40.1 Å². The number of carbonyl (C=O) groups is 2. The lowest BCUT2D eigenvalue weighted by atomic mass is 10.1. The van der Waals surface area contributed by atoms with Gasteiger partial charge in [-0.3, -0.25) is 46.6 Å². The Balaban J connectivity index is 1.31. The molecule has 9 N–H and O–H groups in total. The van der Waals surface area contributed by atoms with Crippen LogP contribution in [-0.2, 0) is 55.8 Å². The van der Waals surface area contributed by atoms with E-state index in [4.69, 9.17) is 48.5 Å². The molecule has 12 atom stereocenters. The minimum atomic E-state index is -4.87. The summed E-state index contributed by atoms with van der Waals surface area (Å²) in [6.45, 7) is 1.00. The Morgan fingerprint density at radius 3 is 2.04 bits per heavy atom. The molecule has 310 valence electrons. The smallest absolute Gasteiger partial charge is 0.406 e. The first-order chi connectivity index (χ1) is 27.0. The van der Waals surface area contributed by atoms with E-state index in [2.05, 4.69) is 40.1 Å². The number of ether oxygens (including phenoxy) is 4. The monoisotopic (exact) mass is 844 g/mol. The van der Waals surface area contributed by atoms with Gasteiger partial charge in [-0.2, -0.15) is 4.98 Å². The van der Waals surface area contributed by atoms with Gasteiger partial charge in [-0.1, -0.05) is 0 Å². The standard InChI is InChI=1S/C28H38N12O15P2/c1-10(26(44)48-3)37-56(46)50-5-12-16(41)19(25(52-12)40-9-34-15-22(40)35-28(30)36-23(15)43)55-57(47,38-11(2)27(45)49-4)51-6-13-18(54-56)17(42)24(53-13)39-8-33-14-20(29)31-7-32-21(14)39/h7-13,16-19,24-25,41-42H,5-6H2,1-4H3,(H,37,46)(H,38,47)(H2,29,31,32)(H3,30,35,36,43). The molecule has 3 aliphatic rings. The fraction of sp³-hybridized carbons (Fsp3) is 0.571. The number of aromatic amines is 1. The Kier molecular flexibility index (Phi) is 11.2. The first-order valence-electron chi connectivity index (χ1n) is 16.9. The highest BCUT2D eigenvalue weighted by molar-refractivity contribution is 7.52. The number of H-pyrrole nitrogens is 1. The van der Waals surface area contributed by atoms with Crippen molar-refractivity contribution >= 4 is 61.5 Å². The molecule has 7 rings (SSSR count). The van der Waals surface area contributed by atoms with E-state index in [1.165, 1.54) is 24.7 Å². The number of anilines is 2. The third-order valence-corrected chi connectivity index (χ3v) is 12.6. The molecular formula is C28H38N12O15P2. The zero-order valence-corrected chi connectivity index (χ0v) is 32.1. The molecule has 12 unspecified atom stereocenters. The summed E-state index contributed by atoms with van der Waals surface area (Å²) in [6, 6.07) is -2.70. The van der Waals surface area contributed by atoms with Crippen LogP contribution in [0.25, 0.3) is 22.3 Å². The number of aromatic nitrogens is 8. The van der Waals surface area contributed by atoms with Crippen molar-refractivity contribution in [3.63, 3.8) is 0 Å². The van der Waals surface area contributed by atoms with E-state index in [1.807, 2.05) is 0 Å². The van der Waals surface area contributed by atoms with Crippen molar-refractivity contribution in [2.45, 2.75) is 75.0 Å². The van der Waals surface area contributed by atoms with Gasteiger partial charge in [0.15, 0.2) is 35.1 Å². The molecule has 3 saturated heterocycles. The van der Waals surface area contributed by atoms with Gasteiger partial charge in [0.2, 0.25) is 5.95 Å². The molecule has 57 heavy (non-hydrogen) atoms. The number of rotatable bonds is 8. The molecule has 0 aliphatic carbocycles. The molecule has 0 amide bonds. The molecule has 4 aromatic rings. The summed E-state index contributed by atoms with van der Waals surface area (Å²) >= 11 is 0. The molecule has 7 heterocycles. The van der Waals surface area contributed by atoms with Crippen LogP contribution in [0.4, 0.5) is 11.8 Å². The third kappa shape index (κ3) is 7.76. The number of methoxy groups -OCH3 is 2. The van der Waals surface area contributed by atoms with E-state index in [0.29, 0.717) is 0 Å². The number of aliphatic hydroxyl groups excluding tert-OH is 2. The average molecular weight is 845 g/mol. The van der Waals surface area contributed by atoms with Gasteiger partial charge in [-0.15, -0.1) is 0 Å². The molecular weight excluding hydrogens is 806 g/mol. The van der Waals surface area contributed by atoms with Crippen molar-refractivity contribution in [2.24, 2.45) is 0 Å². The Bertz CT molecular complexity index is 2330. The normalized spacial score (nSPS) is 33.2. The maximum Gasteiger partial charge on any atom is 0.406 e. The van der Waals surface area contributed by atoms with Crippen LogP contribution >= 0.6 is 15.5 Å². The maximum absolute atomic E-state index is 14.8. The molecule has 4 aromatic heterocycles. The minimum Gasteiger partial charge on any atom is -0.468 e. The number of hydrogen-bond acceptors (Lipinski definition) is 22. The zero-order valence-electron chi connectivity index (χ0n) is 30.3. The van der Waals surface area contributed by atoms with Crippen LogP contribution in [0.5, 0.6) is 0 Å². The van der Waals surface area contributed by atoms with Crippen LogP contribution in [0.3, 0.4) is 0 Å². The van der Waals surface area contributed by atoms with E-state index < -0.39 is 107 Å². The SMILES string of the molecule is COC(=O)C(C)NP1(=O)OCC2OC(n3cnc4c(=O)[nH]c(N)nc43)C(OP(=O)(NC(C)C(=O)OC)OCC3OC(n4cnc5c(N)ncnc54)C(O)C3O1)C2O. The average Bonchev–Trinajstić information content (AvgIpc) is 3.94. The van der Waals surface area contributed by atoms with E-state index >= 15 is 0 Å². The number of imidazole rings is 2. The number of carbonyl (C=O) groups excluding carboxylic acids is 2. The van der Waals surface area contributed by atoms with Crippen LogP contribution in [0.15, 0.2) is 23.8 Å². The lowest BCUT2D eigenvalue weighted by molar-refractivity contribution is -0.143. The Hall–Kier alpha value is -4.50. The van der Waals surface area contributed by atoms with Gasteiger partial charge in [0.1, 0.15) is 60.6 Å². The van der Waals surface area contributed by atoms with E-state index in [-0.39, 0.29) is 34.1 Å². The highest BCUT2D eigenvalue weighted by Gasteiger charge is 2.55. The van der Waals surface area contributed by atoms with Crippen molar-refractivity contribution in [1.29, 1.82) is 0 Å². The first-order valence-corrected chi connectivity index (χ1v) is 20.0. The number of hydrogen-bond donors (Lipinski definition) is 7. The summed E-state index contributed by atoms with van der Waals surface area (Å²) in [5.41, 5.74) is 11.0. The summed E-state index contributed by atoms with van der Waals surface area (Å²) in [5, 5.41) is 28.3. The first kappa shape index (κ1) is 40.7. The van der Waals surface area contributed by atoms with E-state index in [0.717, 1.165) is 31.4 Å². The highest BCUT2D eigenvalue weighted by Crippen LogP contribution is 2.54. The van der Waals surface area contributed by atoms with E-state index in [9.17, 15) is 33.7 Å². The number of aliphatic hydroxyl groups is 2. The quantitative estimate of drug-likeness (QED) is 0.0743. The summed E-state index contributed by atoms with van der Waals surface area (Å²) in [6.07, 6.45) is -9.37. The van der Waals surface area contributed by atoms with Crippen molar-refractivity contribution in [3.05, 3.63) is 29.3 Å². The van der Waals surface area contributed by atoms with Gasteiger partial charge in [0.25, 0.3) is 5.56 Å². The van der Waals surface area contributed by atoms with Gasteiger partial charge in [0, 0.05) is 0 Å². The Morgan fingerprint density at radius 1 is 0.842 bits per heavy atom. The molecule has 0 spiro atoms. The third-order valence-electron chi connectivity index (χ3n) is 9.16. The number of nitrogen functional groups attached to an aromatic ring is 2.